The Kier molecular flexibility index (Phi) is 6.35. The molecule has 0 saturated carbocycles. The van der Waals surface area contributed by atoms with Crippen molar-refractivity contribution in [2.45, 2.75) is 11.8 Å². The van der Waals surface area contributed by atoms with Gasteiger partial charge < -0.3 is 0 Å². The molecule has 0 aliphatic heterocycles. The lowest BCUT2D eigenvalue weighted by atomic mass is 9.83. The van der Waals surface area contributed by atoms with Crippen LogP contribution >= 0.6 is 11.3 Å². The standard InChI is InChI=1S/C50H32S/c1-2-13-31(14-3-1)48-38-18-7-6-17-36(38)44-29-32(26-28-42(44)48)33-25-27-37-34-15-4-8-19-39(34)49(45(37)30-33)40-20-9-5-16-35(40)41-22-12-24-47-50(41)43-21-10-11-23-46(43)51-47/h1-30,48-49H. The molecule has 0 fully saturated rings. The normalized spacial score (nSPS) is 15.5. The van der Waals surface area contributed by atoms with E-state index in [2.05, 4.69) is 182 Å². The third-order valence-corrected chi connectivity index (χ3v) is 12.4. The van der Waals surface area contributed by atoms with Crippen molar-refractivity contribution in [3.05, 3.63) is 215 Å². The molecule has 0 N–H and O–H groups in total. The quantitative estimate of drug-likeness (QED) is 0.176. The molecule has 2 aliphatic rings. The van der Waals surface area contributed by atoms with E-state index in [1.807, 2.05) is 11.3 Å². The molecular formula is C50H32S. The molecule has 0 radical (unpaired) electrons. The molecule has 11 rings (SSSR count). The van der Waals surface area contributed by atoms with Gasteiger partial charge in [-0.25, -0.2) is 0 Å². The first-order valence-electron chi connectivity index (χ1n) is 17.8. The zero-order valence-corrected chi connectivity index (χ0v) is 28.7. The Morgan fingerprint density at radius 2 is 0.843 bits per heavy atom. The number of benzene rings is 8. The van der Waals surface area contributed by atoms with Crippen molar-refractivity contribution in [3.63, 3.8) is 0 Å². The highest BCUT2D eigenvalue weighted by Gasteiger charge is 2.33. The lowest BCUT2D eigenvalue weighted by Crippen LogP contribution is -2.02. The third kappa shape index (κ3) is 4.32. The van der Waals surface area contributed by atoms with E-state index in [4.69, 9.17) is 0 Å². The highest BCUT2D eigenvalue weighted by Crippen LogP contribution is 2.53. The summed E-state index contributed by atoms with van der Waals surface area (Å²) in [4.78, 5) is 0. The van der Waals surface area contributed by atoms with Crippen LogP contribution in [0.2, 0.25) is 0 Å². The molecule has 9 aromatic rings. The zero-order chi connectivity index (χ0) is 33.5. The Morgan fingerprint density at radius 1 is 0.314 bits per heavy atom. The van der Waals surface area contributed by atoms with Crippen LogP contribution in [0.25, 0.3) is 64.7 Å². The molecule has 2 atom stereocenters. The maximum Gasteiger partial charge on any atom is 0.0361 e. The second-order valence-corrected chi connectivity index (χ2v) is 15.0. The van der Waals surface area contributed by atoms with Crippen molar-refractivity contribution in [3.8, 4) is 44.5 Å². The predicted molar refractivity (Wildman–Crippen MR) is 216 cm³/mol. The van der Waals surface area contributed by atoms with Crippen LogP contribution in [-0.4, -0.2) is 0 Å². The Labute approximate surface area is 301 Å². The van der Waals surface area contributed by atoms with E-state index in [0.717, 1.165) is 0 Å². The minimum absolute atomic E-state index is 0.130. The molecule has 1 heterocycles. The van der Waals surface area contributed by atoms with Gasteiger partial charge in [-0.15, -0.1) is 11.3 Å². The van der Waals surface area contributed by atoms with Crippen LogP contribution in [0, 0.1) is 0 Å². The molecule has 2 aliphatic carbocycles. The van der Waals surface area contributed by atoms with Gasteiger partial charge in [0.15, 0.2) is 0 Å². The Hall–Kier alpha value is -6.02. The summed E-state index contributed by atoms with van der Waals surface area (Å²) in [6, 6.07) is 68.1. The molecule has 2 unspecified atom stereocenters. The third-order valence-electron chi connectivity index (χ3n) is 11.3. The lowest BCUT2D eigenvalue weighted by molar-refractivity contribution is 1.01. The fourth-order valence-corrected chi connectivity index (χ4v) is 10.2. The first kappa shape index (κ1) is 28.8. The fraction of sp³-hybridized carbons (Fsp3) is 0.0400. The molecule has 0 bridgehead atoms. The molecule has 0 amide bonds. The summed E-state index contributed by atoms with van der Waals surface area (Å²) in [7, 11) is 0. The van der Waals surface area contributed by atoms with Crippen molar-refractivity contribution in [2.75, 3.05) is 0 Å². The van der Waals surface area contributed by atoms with Crippen molar-refractivity contribution >= 4 is 31.5 Å². The molecule has 1 aromatic heterocycles. The van der Waals surface area contributed by atoms with E-state index in [0.29, 0.717) is 0 Å². The van der Waals surface area contributed by atoms with E-state index in [-0.39, 0.29) is 11.8 Å². The monoisotopic (exact) mass is 664 g/mol. The molecule has 51 heavy (non-hydrogen) atoms. The van der Waals surface area contributed by atoms with Gasteiger partial charge in [0.2, 0.25) is 0 Å². The molecule has 238 valence electrons. The summed E-state index contributed by atoms with van der Waals surface area (Å²) >= 11 is 1.89. The average Bonchev–Trinajstić information content (AvgIpc) is 3.85. The second kappa shape index (κ2) is 11.3. The van der Waals surface area contributed by atoms with Crippen LogP contribution in [-0.2, 0) is 0 Å². The summed E-state index contributed by atoms with van der Waals surface area (Å²) in [6.07, 6.45) is 0. The fourth-order valence-electron chi connectivity index (χ4n) is 9.10. The molecule has 0 nitrogen and oxygen atoms in total. The maximum atomic E-state index is 2.48. The van der Waals surface area contributed by atoms with Crippen molar-refractivity contribution in [1.29, 1.82) is 0 Å². The largest absolute Gasteiger partial charge is 0.135 e. The van der Waals surface area contributed by atoms with Gasteiger partial charge in [0.25, 0.3) is 0 Å². The van der Waals surface area contributed by atoms with Gasteiger partial charge in [-0.2, -0.15) is 0 Å². The number of thiophene rings is 1. The van der Waals surface area contributed by atoms with Crippen molar-refractivity contribution < 1.29 is 0 Å². The van der Waals surface area contributed by atoms with Gasteiger partial charge in [-0.3, -0.25) is 0 Å². The highest BCUT2D eigenvalue weighted by atomic mass is 32.1. The van der Waals surface area contributed by atoms with Crippen molar-refractivity contribution in [2.24, 2.45) is 0 Å². The maximum absolute atomic E-state index is 2.48. The smallest absolute Gasteiger partial charge is 0.0361 e. The first-order valence-corrected chi connectivity index (χ1v) is 18.6. The highest BCUT2D eigenvalue weighted by molar-refractivity contribution is 7.25. The van der Waals surface area contributed by atoms with Gasteiger partial charge in [0, 0.05) is 32.0 Å². The molecule has 0 saturated heterocycles. The second-order valence-electron chi connectivity index (χ2n) is 13.9. The van der Waals surface area contributed by atoms with E-state index in [1.165, 1.54) is 98.1 Å². The number of fused-ring (bicyclic) bond motifs is 9. The Bertz CT molecular complexity index is 2820. The van der Waals surface area contributed by atoms with Crippen molar-refractivity contribution in [1.82, 2.24) is 0 Å². The van der Waals surface area contributed by atoms with Crippen LogP contribution in [0.15, 0.2) is 182 Å². The van der Waals surface area contributed by atoms with E-state index in [1.54, 1.807) is 0 Å². The van der Waals surface area contributed by atoms with Gasteiger partial charge in [0.05, 0.1) is 0 Å². The van der Waals surface area contributed by atoms with Crippen LogP contribution in [0.3, 0.4) is 0 Å². The van der Waals surface area contributed by atoms with Gasteiger partial charge in [-0.1, -0.05) is 158 Å². The zero-order valence-electron chi connectivity index (χ0n) is 27.9. The predicted octanol–water partition coefficient (Wildman–Crippen LogP) is 13.7. The molecule has 0 spiro atoms. The minimum atomic E-state index is 0.130. The SMILES string of the molecule is c1ccc(C2c3ccccc3-c3cc(-c4ccc5c(c4)C(c4ccccc4-c4cccc6sc7ccccc7c46)c4ccccc4-5)ccc32)cc1. The molecule has 1 heteroatoms. The van der Waals surface area contributed by atoms with Crippen LogP contribution in [0.5, 0.6) is 0 Å². The number of rotatable bonds is 4. The lowest BCUT2D eigenvalue weighted by Gasteiger charge is -2.20. The van der Waals surface area contributed by atoms with Gasteiger partial charge in [0.1, 0.15) is 0 Å². The minimum Gasteiger partial charge on any atom is -0.135 e. The van der Waals surface area contributed by atoms with E-state index >= 15 is 0 Å². The average molecular weight is 665 g/mol. The summed E-state index contributed by atoms with van der Waals surface area (Å²) in [5.41, 5.74) is 18.8. The molecule has 8 aromatic carbocycles. The van der Waals surface area contributed by atoms with E-state index < -0.39 is 0 Å². The molecular weight excluding hydrogens is 633 g/mol. The number of hydrogen-bond acceptors (Lipinski definition) is 1. The van der Waals surface area contributed by atoms with Gasteiger partial charge in [-0.05, 0) is 102 Å². The van der Waals surface area contributed by atoms with Crippen LogP contribution < -0.4 is 0 Å². The van der Waals surface area contributed by atoms with Gasteiger partial charge >= 0.3 is 0 Å². The first-order chi connectivity index (χ1) is 25.3. The summed E-state index contributed by atoms with van der Waals surface area (Å²) in [6.45, 7) is 0. The number of hydrogen-bond donors (Lipinski definition) is 0. The van der Waals surface area contributed by atoms with Crippen LogP contribution in [0.1, 0.15) is 45.2 Å². The van der Waals surface area contributed by atoms with Crippen LogP contribution in [0.4, 0.5) is 0 Å². The Morgan fingerprint density at radius 3 is 1.63 bits per heavy atom. The topological polar surface area (TPSA) is 0 Å². The summed E-state index contributed by atoms with van der Waals surface area (Å²) in [5.74, 6) is 0.386. The Balaban J connectivity index is 1.08. The van der Waals surface area contributed by atoms with E-state index in [9.17, 15) is 0 Å². The summed E-state index contributed by atoms with van der Waals surface area (Å²) < 4.78 is 2.68. The summed E-state index contributed by atoms with van der Waals surface area (Å²) in [5, 5.41) is 2.70.